The smallest absolute Gasteiger partial charge is 0.224 e. The Morgan fingerprint density at radius 2 is 1.27 bits per heavy atom. The number of nitrogens with one attached hydrogen (secondary N) is 1. The van der Waals surface area contributed by atoms with E-state index >= 15 is 0 Å². The number of aromatic nitrogens is 1. The van der Waals surface area contributed by atoms with Crippen molar-refractivity contribution < 1.29 is 32.2 Å². The molecule has 2 heterocycles. The third-order valence-electron chi connectivity index (χ3n) is 7.22. The van der Waals surface area contributed by atoms with Crippen LogP contribution in [0, 0.1) is 0 Å². The topological polar surface area (TPSA) is 113 Å². The molecule has 0 spiro atoms. The maximum absolute atomic E-state index is 14.0. The molecule has 0 unspecified atom stereocenters. The van der Waals surface area contributed by atoms with E-state index in [1.807, 2.05) is 91.0 Å². The van der Waals surface area contributed by atoms with Gasteiger partial charge < -0.3 is 24.3 Å². The van der Waals surface area contributed by atoms with Gasteiger partial charge in [-0.05, 0) is 28.8 Å². The molecule has 1 aliphatic heterocycles. The molecule has 10 heteroatoms. The maximum Gasteiger partial charge on any atom is 0.224 e. The van der Waals surface area contributed by atoms with Gasteiger partial charge in [0.05, 0.1) is 32.5 Å². The molecular formula is C34H36N2O7S. The maximum atomic E-state index is 14.0. The minimum Gasteiger partial charge on any atom is -0.374 e. The van der Waals surface area contributed by atoms with E-state index in [4.69, 9.17) is 18.9 Å². The lowest BCUT2D eigenvalue weighted by Gasteiger charge is -2.46. The largest absolute Gasteiger partial charge is 0.374 e. The molecule has 0 saturated carbocycles. The summed E-state index contributed by atoms with van der Waals surface area (Å²) in [6, 6.07) is 32.3. The number of carbonyl (C=O) groups is 1. The number of benzene rings is 3. The number of pyridine rings is 1. The SMILES string of the molecule is CC(=O)N[C@@H]1[C@@H](OCc2ccccc2)[C@H](OCc2ccccc2)[C@@H](COCc2ccccc2)O[C@@H]1S(=O)(=O)c1ccccn1. The zero-order chi connectivity index (χ0) is 30.8. The van der Waals surface area contributed by atoms with Crippen LogP contribution in [0.15, 0.2) is 120 Å². The number of ether oxygens (including phenoxy) is 4. The summed E-state index contributed by atoms with van der Waals surface area (Å²) in [4.78, 5) is 16.6. The molecule has 1 aromatic heterocycles. The van der Waals surface area contributed by atoms with Crippen LogP contribution in [0.1, 0.15) is 23.6 Å². The second kappa shape index (κ2) is 15.2. The Kier molecular flexibility index (Phi) is 10.9. The summed E-state index contributed by atoms with van der Waals surface area (Å²) < 4.78 is 53.5. The molecule has 3 aromatic carbocycles. The standard InChI is InChI=1S/C34H36N2O7S/c1-25(37)36-31-33(42-23-28-17-9-4-10-18-28)32(41-22-27-15-7-3-8-16-27)29(24-40-21-26-13-5-2-6-14-26)43-34(31)44(38,39)30-19-11-12-20-35-30/h2-20,29,31-34H,21-24H2,1H3,(H,36,37)/t29-,31-,32-,33-,34-/m1/s1. The monoisotopic (exact) mass is 616 g/mol. The molecule has 0 radical (unpaired) electrons. The number of sulfone groups is 1. The van der Waals surface area contributed by atoms with Gasteiger partial charge in [0.25, 0.3) is 0 Å². The van der Waals surface area contributed by atoms with Crippen molar-refractivity contribution >= 4 is 15.7 Å². The molecule has 1 fully saturated rings. The summed E-state index contributed by atoms with van der Waals surface area (Å²) in [5.41, 5.74) is 1.22. The highest BCUT2D eigenvalue weighted by Crippen LogP contribution is 2.33. The Labute approximate surface area is 258 Å². The molecule has 0 bridgehead atoms. The predicted molar refractivity (Wildman–Crippen MR) is 164 cm³/mol. The van der Waals surface area contributed by atoms with Gasteiger partial charge in [0.2, 0.25) is 15.7 Å². The molecule has 1 N–H and O–H groups in total. The van der Waals surface area contributed by atoms with Crippen LogP contribution in [0.3, 0.4) is 0 Å². The molecule has 44 heavy (non-hydrogen) atoms. The second-order valence-corrected chi connectivity index (χ2v) is 12.5. The van der Waals surface area contributed by atoms with Crippen molar-refractivity contribution in [1.82, 2.24) is 10.3 Å². The Morgan fingerprint density at radius 1 is 0.750 bits per heavy atom. The first kappa shape index (κ1) is 31.5. The summed E-state index contributed by atoms with van der Waals surface area (Å²) in [7, 11) is -4.21. The first-order chi connectivity index (χ1) is 21.4. The fourth-order valence-electron chi connectivity index (χ4n) is 5.13. The molecule has 0 aliphatic carbocycles. The van der Waals surface area contributed by atoms with Crippen molar-refractivity contribution in [1.29, 1.82) is 0 Å². The van der Waals surface area contributed by atoms with Gasteiger partial charge >= 0.3 is 0 Å². The minimum absolute atomic E-state index is 0.0145. The third-order valence-corrected chi connectivity index (χ3v) is 9.06. The van der Waals surface area contributed by atoms with Crippen LogP contribution in [0.4, 0.5) is 0 Å². The summed E-state index contributed by atoms with van der Waals surface area (Å²) in [6.45, 7) is 1.99. The zero-order valence-corrected chi connectivity index (χ0v) is 25.2. The molecule has 1 saturated heterocycles. The molecule has 1 amide bonds. The van der Waals surface area contributed by atoms with Gasteiger partial charge in [-0.3, -0.25) is 4.79 Å². The summed E-state index contributed by atoms with van der Waals surface area (Å²) in [6.07, 6.45) is -1.19. The highest BCUT2D eigenvalue weighted by molar-refractivity contribution is 7.91. The number of rotatable bonds is 13. The summed E-state index contributed by atoms with van der Waals surface area (Å²) >= 11 is 0. The Hall–Kier alpha value is -3.93. The van der Waals surface area contributed by atoms with Crippen LogP contribution < -0.4 is 5.32 Å². The fourth-order valence-corrected chi connectivity index (χ4v) is 6.74. The highest BCUT2D eigenvalue weighted by Gasteiger charge is 2.53. The lowest BCUT2D eigenvalue weighted by molar-refractivity contribution is -0.217. The van der Waals surface area contributed by atoms with Gasteiger partial charge in [0.1, 0.15) is 18.3 Å². The van der Waals surface area contributed by atoms with Crippen LogP contribution >= 0.6 is 0 Å². The molecule has 9 nitrogen and oxygen atoms in total. The molecule has 4 aromatic rings. The Bertz CT molecular complexity index is 1560. The zero-order valence-electron chi connectivity index (χ0n) is 24.4. The van der Waals surface area contributed by atoms with E-state index in [0.717, 1.165) is 16.7 Å². The first-order valence-electron chi connectivity index (χ1n) is 14.4. The lowest BCUT2D eigenvalue weighted by Crippen LogP contribution is -2.67. The molecule has 1 aliphatic rings. The molecule has 5 atom stereocenters. The normalized spacial score (nSPS) is 21.9. The number of amides is 1. The average Bonchev–Trinajstić information content (AvgIpc) is 3.05. The average molecular weight is 617 g/mol. The van der Waals surface area contributed by atoms with Gasteiger partial charge in [-0.25, -0.2) is 13.4 Å². The molecule has 5 rings (SSSR count). The van der Waals surface area contributed by atoms with E-state index in [1.54, 1.807) is 12.1 Å². The molecule has 230 valence electrons. The van der Waals surface area contributed by atoms with E-state index in [1.165, 1.54) is 19.2 Å². The van der Waals surface area contributed by atoms with Gasteiger partial charge in [0.15, 0.2) is 10.5 Å². The van der Waals surface area contributed by atoms with E-state index in [9.17, 15) is 13.2 Å². The van der Waals surface area contributed by atoms with Crippen LogP contribution in [0.2, 0.25) is 0 Å². The number of carbonyl (C=O) groups excluding carboxylic acids is 1. The third kappa shape index (κ3) is 8.16. The van der Waals surface area contributed by atoms with Crippen molar-refractivity contribution in [2.24, 2.45) is 0 Å². The van der Waals surface area contributed by atoms with E-state index in [2.05, 4.69) is 10.3 Å². The van der Waals surface area contributed by atoms with Gasteiger partial charge in [-0.1, -0.05) is 97.1 Å². The van der Waals surface area contributed by atoms with Crippen molar-refractivity contribution in [3.05, 3.63) is 132 Å². The summed E-state index contributed by atoms with van der Waals surface area (Å²) in [5, 5.41) is 2.64. The van der Waals surface area contributed by atoms with Gasteiger partial charge in [-0.2, -0.15) is 0 Å². The van der Waals surface area contributed by atoms with Gasteiger partial charge in [0, 0.05) is 13.1 Å². The van der Waals surface area contributed by atoms with E-state index in [-0.39, 0.29) is 31.5 Å². The number of hydrogen-bond acceptors (Lipinski definition) is 8. The number of nitrogens with zero attached hydrogens (tertiary/aromatic N) is 1. The van der Waals surface area contributed by atoms with Crippen molar-refractivity contribution in [3.63, 3.8) is 0 Å². The fraction of sp³-hybridized carbons (Fsp3) is 0.294. The van der Waals surface area contributed by atoms with Crippen molar-refractivity contribution in [2.75, 3.05) is 6.61 Å². The summed E-state index contributed by atoms with van der Waals surface area (Å²) in [5.74, 6) is -0.436. The van der Waals surface area contributed by atoms with Crippen molar-refractivity contribution in [2.45, 2.75) is 61.6 Å². The van der Waals surface area contributed by atoms with Crippen molar-refractivity contribution in [3.8, 4) is 0 Å². The van der Waals surface area contributed by atoms with Crippen LogP contribution in [-0.2, 0) is 53.4 Å². The second-order valence-electron chi connectivity index (χ2n) is 10.5. The van der Waals surface area contributed by atoms with Crippen LogP contribution in [0.5, 0.6) is 0 Å². The predicted octanol–water partition coefficient (Wildman–Crippen LogP) is 4.47. The van der Waals surface area contributed by atoms with E-state index < -0.39 is 45.5 Å². The van der Waals surface area contributed by atoms with E-state index in [0.29, 0.717) is 0 Å². The number of hydrogen-bond donors (Lipinski definition) is 1. The van der Waals surface area contributed by atoms with Crippen LogP contribution in [-0.4, -0.2) is 55.7 Å². The quantitative estimate of drug-likeness (QED) is 0.234. The Morgan fingerprint density at radius 3 is 1.80 bits per heavy atom. The molecular weight excluding hydrogens is 580 g/mol. The Balaban J connectivity index is 1.51. The highest BCUT2D eigenvalue weighted by atomic mass is 32.2. The first-order valence-corrected chi connectivity index (χ1v) is 16.0. The minimum atomic E-state index is -4.21. The lowest BCUT2D eigenvalue weighted by atomic mass is 9.97. The van der Waals surface area contributed by atoms with Gasteiger partial charge in [-0.15, -0.1) is 0 Å². The van der Waals surface area contributed by atoms with Crippen LogP contribution in [0.25, 0.3) is 0 Å².